The number of hydrogen-bond acceptors (Lipinski definition) is 3. The summed E-state index contributed by atoms with van der Waals surface area (Å²) in [5, 5.41) is 3.45. The third-order valence-corrected chi connectivity index (χ3v) is 4.41. The molecule has 0 unspecified atom stereocenters. The zero-order chi connectivity index (χ0) is 13.2. The van der Waals surface area contributed by atoms with Gasteiger partial charge in [0, 0.05) is 32.2 Å². The first-order valence-electron chi connectivity index (χ1n) is 7.39. The van der Waals surface area contributed by atoms with E-state index >= 15 is 0 Å². The van der Waals surface area contributed by atoms with Gasteiger partial charge in [0.15, 0.2) is 0 Å². The van der Waals surface area contributed by atoms with E-state index in [1.165, 1.54) is 37.1 Å². The lowest BCUT2D eigenvalue weighted by molar-refractivity contribution is 0.155. The van der Waals surface area contributed by atoms with Crippen LogP contribution < -0.4 is 10.1 Å². The average Bonchev–Trinajstić information content (AvgIpc) is 3.27. The van der Waals surface area contributed by atoms with Crippen LogP contribution in [0.3, 0.4) is 0 Å². The van der Waals surface area contributed by atoms with E-state index in [9.17, 15) is 0 Å². The molecule has 1 atom stereocenters. The summed E-state index contributed by atoms with van der Waals surface area (Å²) < 4.78 is 5.33. The number of piperazine rings is 1. The topological polar surface area (TPSA) is 24.5 Å². The summed E-state index contributed by atoms with van der Waals surface area (Å²) in [5.74, 6) is 1.83. The first-order chi connectivity index (χ1) is 9.29. The molecule has 0 bridgehead atoms. The molecule has 2 aliphatic rings. The predicted octanol–water partition coefficient (Wildman–Crippen LogP) is 2.36. The number of hydrogen-bond donors (Lipinski definition) is 1. The van der Waals surface area contributed by atoms with E-state index in [1.54, 1.807) is 7.11 Å². The van der Waals surface area contributed by atoms with Gasteiger partial charge in [-0.15, -0.1) is 0 Å². The van der Waals surface area contributed by atoms with Gasteiger partial charge in [0.1, 0.15) is 5.75 Å². The van der Waals surface area contributed by atoms with Crippen LogP contribution >= 0.6 is 0 Å². The Morgan fingerprint density at radius 1 is 1.26 bits per heavy atom. The van der Waals surface area contributed by atoms with E-state index in [0.717, 1.165) is 24.8 Å². The molecule has 2 fully saturated rings. The Bertz CT molecular complexity index is 436. The quantitative estimate of drug-likeness (QED) is 0.899. The molecule has 1 N–H and O–H groups in total. The first kappa shape index (κ1) is 12.9. The van der Waals surface area contributed by atoms with E-state index in [1.807, 2.05) is 0 Å². The van der Waals surface area contributed by atoms with E-state index in [-0.39, 0.29) is 0 Å². The molecular formula is C16H24N2O. The molecule has 1 saturated carbocycles. The van der Waals surface area contributed by atoms with Crippen molar-refractivity contribution in [2.75, 3.05) is 33.3 Å². The predicted molar refractivity (Wildman–Crippen MR) is 77.6 cm³/mol. The lowest BCUT2D eigenvalue weighted by Crippen LogP contribution is -2.45. The van der Waals surface area contributed by atoms with Crippen LogP contribution in [0.1, 0.15) is 30.0 Å². The van der Waals surface area contributed by atoms with Crippen molar-refractivity contribution in [2.24, 2.45) is 5.92 Å². The molecular weight excluding hydrogens is 236 g/mol. The second-order valence-corrected chi connectivity index (χ2v) is 5.79. The van der Waals surface area contributed by atoms with Crippen LogP contribution in [0.25, 0.3) is 0 Å². The summed E-state index contributed by atoms with van der Waals surface area (Å²) in [6, 6.07) is 7.18. The Labute approximate surface area is 115 Å². The minimum Gasteiger partial charge on any atom is -0.497 e. The minimum absolute atomic E-state index is 0.619. The molecule has 3 nitrogen and oxygen atoms in total. The van der Waals surface area contributed by atoms with Gasteiger partial charge in [-0.3, -0.25) is 4.90 Å². The lowest BCUT2D eigenvalue weighted by Gasteiger charge is -2.36. The number of ether oxygens (including phenoxy) is 1. The van der Waals surface area contributed by atoms with Gasteiger partial charge >= 0.3 is 0 Å². The monoisotopic (exact) mass is 260 g/mol. The lowest BCUT2D eigenvalue weighted by atomic mass is 9.95. The molecule has 0 radical (unpaired) electrons. The molecule has 1 aliphatic heterocycles. The van der Waals surface area contributed by atoms with Gasteiger partial charge in [0.25, 0.3) is 0 Å². The fourth-order valence-electron chi connectivity index (χ4n) is 3.23. The van der Waals surface area contributed by atoms with E-state index < -0.39 is 0 Å². The molecule has 1 heterocycles. The molecule has 3 rings (SSSR count). The van der Waals surface area contributed by atoms with Gasteiger partial charge in [0.05, 0.1) is 7.11 Å². The zero-order valence-electron chi connectivity index (χ0n) is 12.0. The minimum atomic E-state index is 0.619. The Morgan fingerprint density at radius 2 is 2.00 bits per heavy atom. The highest BCUT2D eigenvalue weighted by molar-refractivity contribution is 5.37. The summed E-state index contributed by atoms with van der Waals surface area (Å²) in [6.45, 7) is 6.81. The number of aryl methyl sites for hydroxylation is 1. The van der Waals surface area contributed by atoms with Crippen LogP contribution in [0.15, 0.2) is 18.2 Å². The second kappa shape index (κ2) is 5.51. The largest absolute Gasteiger partial charge is 0.497 e. The Morgan fingerprint density at radius 3 is 2.58 bits per heavy atom. The van der Waals surface area contributed by atoms with Gasteiger partial charge in [-0.25, -0.2) is 0 Å². The summed E-state index contributed by atoms with van der Waals surface area (Å²) in [4.78, 5) is 2.67. The molecule has 0 amide bonds. The second-order valence-electron chi connectivity index (χ2n) is 5.79. The van der Waals surface area contributed by atoms with Crippen LogP contribution in [0.4, 0.5) is 0 Å². The molecule has 104 valence electrons. The highest BCUT2D eigenvalue weighted by Gasteiger charge is 2.37. The summed E-state index contributed by atoms with van der Waals surface area (Å²) in [5.41, 5.74) is 2.87. The van der Waals surface area contributed by atoms with E-state index in [4.69, 9.17) is 4.74 Å². The van der Waals surface area contributed by atoms with Crippen molar-refractivity contribution >= 4 is 0 Å². The summed E-state index contributed by atoms with van der Waals surface area (Å²) in [7, 11) is 1.74. The number of rotatable bonds is 4. The van der Waals surface area contributed by atoms with E-state index in [0.29, 0.717) is 6.04 Å². The van der Waals surface area contributed by atoms with Gasteiger partial charge in [-0.1, -0.05) is 6.07 Å². The van der Waals surface area contributed by atoms with Crippen LogP contribution in [-0.2, 0) is 0 Å². The van der Waals surface area contributed by atoms with Crippen molar-refractivity contribution in [3.63, 3.8) is 0 Å². The van der Waals surface area contributed by atoms with Crippen LogP contribution in [0.2, 0.25) is 0 Å². The number of nitrogens with zero attached hydrogens (tertiary/aromatic N) is 1. The van der Waals surface area contributed by atoms with Crippen LogP contribution in [0, 0.1) is 12.8 Å². The van der Waals surface area contributed by atoms with Crippen LogP contribution in [-0.4, -0.2) is 38.2 Å². The zero-order valence-corrected chi connectivity index (χ0v) is 12.0. The maximum Gasteiger partial charge on any atom is 0.119 e. The van der Waals surface area contributed by atoms with Crippen molar-refractivity contribution in [1.29, 1.82) is 0 Å². The smallest absolute Gasteiger partial charge is 0.119 e. The van der Waals surface area contributed by atoms with Gasteiger partial charge in [-0.2, -0.15) is 0 Å². The highest BCUT2D eigenvalue weighted by atomic mass is 16.5. The van der Waals surface area contributed by atoms with Crippen molar-refractivity contribution in [1.82, 2.24) is 10.2 Å². The normalized spacial score (nSPS) is 22.2. The van der Waals surface area contributed by atoms with Crippen molar-refractivity contribution in [2.45, 2.75) is 25.8 Å². The molecule has 3 heteroatoms. The Hall–Kier alpha value is -1.06. The maximum atomic E-state index is 5.33. The third-order valence-electron chi connectivity index (χ3n) is 4.41. The number of benzene rings is 1. The molecule has 0 aromatic heterocycles. The Balaban J connectivity index is 1.86. The molecule has 1 saturated heterocycles. The SMILES string of the molecule is COc1ccc([C@H](C2CC2)N2CCNCC2)c(C)c1. The van der Waals surface area contributed by atoms with Crippen molar-refractivity contribution in [3.8, 4) is 5.75 Å². The fraction of sp³-hybridized carbons (Fsp3) is 0.625. The summed E-state index contributed by atoms with van der Waals surface area (Å²) in [6.07, 6.45) is 2.78. The average molecular weight is 260 g/mol. The number of nitrogens with one attached hydrogen (secondary N) is 1. The first-order valence-corrected chi connectivity index (χ1v) is 7.39. The van der Waals surface area contributed by atoms with Crippen molar-refractivity contribution in [3.05, 3.63) is 29.3 Å². The van der Waals surface area contributed by atoms with Gasteiger partial charge in [-0.05, 0) is 48.9 Å². The number of methoxy groups -OCH3 is 1. The maximum absolute atomic E-state index is 5.33. The molecule has 1 aliphatic carbocycles. The highest BCUT2D eigenvalue weighted by Crippen LogP contribution is 2.45. The van der Waals surface area contributed by atoms with Crippen molar-refractivity contribution < 1.29 is 4.74 Å². The molecule has 19 heavy (non-hydrogen) atoms. The Kier molecular flexibility index (Phi) is 3.76. The van der Waals surface area contributed by atoms with Gasteiger partial charge < -0.3 is 10.1 Å². The molecule has 0 spiro atoms. The van der Waals surface area contributed by atoms with E-state index in [2.05, 4.69) is 35.3 Å². The molecule has 1 aromatic rings. The third kappa shape index (κ3) is 2.77. The summed E-state index contributed by atoms with van der Waals surface area (Å²) >= 11 is 0. The molecule has 1 aromatic carbocycles. The van der Waals surface area contributed by atoms with Gasteiger partial charge in [0.2, 0.25) is 0 Å². The standard InChI is InChI=1S/C16H24N2O/c1-12-11-14(19-2)5-6-15(12)16(13-3-4-13)18-9-7-17-8-10-18/h5-6,11,13,16-17H,3-4,7-10H2,1-2H3/t16-/m0/s1. The van der Waals surface area contributed by atoms with Crippen LogP contribution in [0.5, 0.6) is 5.75 Å². The fourth-order valence-corrected chi connectivity index (χ4v) is 3.23.